The number of hydrogen-bond acceptors (Lipinski definition) is 8. The molecular formula is C43H46N2O7. The molecule has 0 aromatic heterocycles. The standard InChI is InChI=1S/C43H46N2O7/c1-30(25-35(46)29-45-23-24-52-41-16-10-9-15-38(41)45)43(50)44-37(27-33-17-20-36(51-2)21-18-33)40(48)28-34(26-32-13-7-4-8-14-32)42(49)39(47)22-19-31-11-5-3-6-12-31/h3-18,20-21,30,34,37H,19,22-29H2,1-2H3,(H,44,50)/t30-,34-,37+/m1/s1. The number of nitrogens with zero attached hydrogens (tertiary/aromatic N) is 1. The Labute approximate surface area is 305 Å². The molecule has 1 aliphatic heterocycles. The molecule has 0 fully saturated rings. The van der Waals surface area contributed by atoms with Gasteiger partial charge in [0.1, 0.15) is 18.1 Å². The van der Waals surface area contributed by atoms with Gasteiger partial charge in [-0.3, -0.25) is 24.0 Å². The number of carbonyl (C=O) groups excluding carboxylic acids is 5. The van der Waals surface area contributed by atoms with Gasteiger partial charge in [-0.1, -0.05) is 91.9 Å². The summed E-state index contributed by atoms with van der Waals surface area (Å²) < 4.78 is 11.0. The molecule has 3 atom stereocenters. The number of aryl methyl sites for hydroxylation is 1. The average Bonchev–Trinajstić information content (AvgIpc) is 3.17. The fraction of sp³-hybridized carbons (Fsp3) is 0.326. The minimum absolute atomic E-state index is 0.0140. The van der Waals surface area contributed by atoms with Crippen molar-refractivity contribution in [3.05, 3.63) is 126 Å². The van der Waals surface area contributed by atoms with Crippen molar-refractivity contribution < 1.29 is 33.4 Å². The third kappa shape index (κ3) is 10.7. The van der Waals surface area contributed by atoms with E-state index in [0.29, 0.717) is 31.1 Å². The second-order valence-electron chi connectivity index (χ2n) is 13.3. The highest BCUT2D eigenvalue weighted by atomic mass is 16.5. The van der Waals surface area contributed by atoms with Gasteiger partial charge in [0.25, 0.3) is 0 Å². The first-order valence-electron chi connectivity index (χ1n) is 17.8. The van der Waals surface area contributed by atoms with E-state index in [-0.39, 0.29) is 50.2 Å². The molecule has 9 heteroatoms. The van der Waals surface area contributed by atoms with Crippen LogP contribution >= 0.6 is 0 Å². The van der Waals surface area contributed by atoms with E-state index in [1.165, 1.54) is 0 Å². The predicted molar refractivity (Wildman–Crippen MR) is 200 cm³/mol. The highest BCUT2D eigenvalue weighted by molar-refractivity contribution is 6.38. The summed E-state index contributed by atoms with van der Waals surface area (Å²) in [5, 5.41) is 2.90. The number of fused-ring (bicyclic) bond motifs is 1. The van der Waals surface area contributed by atoms with Crippen molar-refractivity contribution in [1.82, 2.24) is 5.32 Å². The van der Waals surface area contributed by atoms with Crippen LogP contribution in [0.1, 0.15) is 42.9 Å². The van der Waals surface area contributed by atoms with Crippen LogP contribution in [0.2, 0.25) is 0 Å². The van der Waals surface area contributed by atoms with Crippen LogP contribution in [0.4, 0.5) is 5.69 Å². The van der Waals surface area contributed by atoms with Crippen LogP contribution in [0.5, 0.6) is 11.5 Å². The third-order valence-corrected chi connectivity index (χ3v) is 9.38. The van der Waals surface area contributed by atoms with Crippen LogP contribution in [0.15, 0.2) is 109 Å². The molecule has 0 aliphatic carbocycles. The van der Waals surface area contributed by atoms with Gasteiger partial charge in [0.05, 0.1) is 31.9 Å². The van der Waals surface area contributed by atoms with Crippen molar-refractivity contribution >= 4 is 34.7 Å². The molecule has 1 amide bonds. The molecule has 0 unspecified atom stereocenters. The maximum absolute atomic E-state index is 14.1. The first-order valence-corrected chi connectivity index (χ1v) is 17.8. The number of anilines is 1. The molecule has 0 saturated carbocycles. The summed E-state index contributed by atoms with van der Waals surface area (Å²) in [5.41, 5.74) is 3.39. The van der Waals surface area contributed by atoms with Crippen LogP contribution in [-0.4, -0.2) is 61.9 Å². The van der Waals surface area contributed by atoms with Gasteiger partial charge in [0.15, 0.2) is 17.3 Å². The number of Topliss-reactive ketones (excluding diaryl/α,β-unsaturated/α-hetero) is 4. The van der Waals surface area contributed by atoms with Crippen molar-refractivity contribution in [1.29, 1.82) is 0 Å². The SMILES string of the molecule is COc1ccc(C[C@H](NC(=O)[C@H](C)CC(=O)CN2CCOc3ccccc32)C(=O)C[C@@H](Cc2ccccc2)C(=O)C(=O)CCc2ccccc2)cc1. The molecular weight excluding hydrogens is 656 g/mol. The van der Waals surface area contributed by atoms with E-state index in [9.17, 15) is 24.0 Å². The van der Waals surface area contributed by atoms with Gasteiger partial charge < -0.3 is 19.7 Å². The lowest BCUT2D eigenvalue weighted by molar-refractivity contribution is -0.140. The Hall–Kier alpha value is -5.57. The van der Waals surface area contributed by atoms with Gasteiger partial charge in [-0.05, 0) is 60.2 Å². The van der Waals surface area contributed by atoms with Gasteiger partial charge in [-0.15, -0.1) is 0 Å². The minimum Gasteiger partial charge on any atom is -0.497 e. The molecule has 270 valence electrons. The van der Waals surface area contributed by atoms with E-state index in [2.05, 4.69) is 5.32 Å². The zero-order valence-corrected chi connectivity index (χ0v) is 29.8. The summed E-state index contributed by atoms with van der Waals surface area (Å²) in [4.78, 5) is 69.9. The summed E-state index contributed by atoms with van der Waals surface area (Å²) in [6, 6.07) is 32.5. The molecule has 1 heterocycles. The lowest BCUT2D eigenvalue weighted by Gasteiger charge is -2.30. The quantitative estimate of drug-likeness (QED) is 0.122. The van der Waals surface area contributed by atoms with Crippen molar-refractivity contribution in [3.63, 3.8) is 0 Å². The number of carbonyl (C=O) groups is 5. The second kappa shape index (κ2) is 18.6. The van der Waals surface area contributed by atoms with Gasteiger partial charge in [0.2, 0.25) is 11.7 Å². The lowest BCUT2D eigenvalue weighted by Crippen LogP contribution is -2.46. The van der Waals surface area contributed by atoms with Crippen LogP contribution < -0.4 is 19.7 Å². The topological polar surface area (TPSA) is 119 Å². The number of para-hydroxylation sites is 2. The summed E-state index contributed by atoms with van der Waals surface area (Å²) in [6.07, 6.45) is 0.586. The Kier molecular flexibility index (Phi) is 13.5. The Morgan fingerprint density at radius 1 is 0.769 bits per heavy atom. The molecule has 4 aromatic carbocycles. The normalized spacial score (nSPS) is 13.8. The van der Waals surface area contributed by atoms with Gasteiger partial charge >= 0.3 is 0 Å². The molecule has 0 bridgehead atoms. The van der Waals surface area contributed by atoms with Crippen LogP contribution in [0.3, 0.4) is 0 Å². The Bertz CT molecular complexity index is 1830. The second-order valence-corrected chi connectivity index (χ2v) is 13.3. The molecule has 5 rings (SSSR count). The van der Waals surface area contributed by atoms with E-state index in [4.69, 9.17) is 9.47 Å². The zero-order valence-electron chi connectivity index (χ0n) is 29.8. The zero-order chi connectivity index (χ0) is 36.9. The van der Waals surface area contributed by atoms with Gasteiger partial charge in [0, 0.05) is 31.1 Å². The fourth-order valence-electron chi connectivity index (χ4n) is 6.45. The molecule has 9 nitrogen and oxygen atoms in total. The first-order chi connectivity index (χ1) is 25.2. The number of benzene rings is 4. The third-order valence-electron chi connectivity index (χ3n) is 9.38. The highest BCUT2D eigenvalue weighted by Crippen LogP contribution is 2.31. The molecule has 0 radical (unpaired) electrons. The number of amides is 1. The van der Waals surface area contributed by atoms with E-state index in [0.717, 1.165) is 22.4 Å². The lowest BCUT2D eigenvalue weighted by atomic mass is 9.85. The number of nitrogens with one attached hydrogen (secondary N) is 1. The first kappa shape index (κ1) is 37.7. The molecule has 1 N–H and O–H groups in total. The Morgan fingerprint density at radius 3 is 2.10 bits per heavy atom. The largest absolute Gasteiger partial charge is 0.497 e. The summed E-state index contributed by atoms with van der Waals surface area (Å²) in [5.74, 6) is -2.28. The van der Waals surface area contributed by atoms with Crippen LogP contribution in [0, 0.1) is 11.8 Å². The molecule has 0 saturated heterocycles. The minimum atomic E-state index is -0.991. The van der Waals surface area contributed by atoms with Crippen molar-refractivity contribution in [2.24, 2.45) is 11.8 Å². The summed E-state index contributed by atoms with van der Waals surface area (Å²) >= 11 is 0. The van der Waals surface area contributed by atoms with Crippen molar-refractivity contribution in [2.75, 3.05) is 31.7 Å². The molecule has 1 aliphatic rings. The molecule has 52 heavy (non-hydrogen) atoms. The van der Waals surface area contributed by atoms with Gasteiger partial charge in [-0.2, -0.15) is 0 Å². The number of hydrogen-bond donors (Lipinski definition) is 1. The van der Waals surface area contributed by atoms with E-state index in [1.54, 1.807) is 26.2 Å². The smallest absolute Gasteiger partial charge is 0.223 e. The predicted octanol–water partition coefficient (Wildman–Crippen LogP) is 5.81. The van der Waals surface area contributed by atoms with E-state index in [1.807, 2.05) is 102 Å². The molecule has 0 spiro atoms. The van der Waals surface area contributed by atoms with Crippen LogP contribution in [0.25, 0.3) is 0 Å². The van der Waals surface area contributed by atoms with Crippen molar-refractivity contribution in [2.45, 2.75) is 51.5 Å². The van der Waals surface area contributed by atoms with Crippen LogP contribution in [-0.2, 0) is 43.2 Å². The van der Waals surface area contributed by atoms with Gasteiger partial charge in [-0.25, -0.2) is 0 Å². The summed E-state index contributed by atoms with van der Waals surface area (Å²) in [6.45, 7) is 2.82. The monoisotopic (exact) mass is 702 g/mol. The fourth-order valence-corrected chi connectivity index (χ4v) is 6.45. The number of ether oxygens (including phenoxy) is 2. The molecule has 4 aromatic rings. The van der Waals surface area contributed by atoms with Crippen molar-refractivity contribution in [3.8, 4) is 11.5 Å². The highest BCUT2D eigenvalue weighted by Gasteiger charge is 2.32. The number of methoxy groups -OCH3 is 1. The number of rotatable bonds is 19. The van der Waals surface area contributed by atoms with E-state index >= 15 is 0 Å². The number of ketones is 4. The average molecular weight is 703 g/mol. The maximum Gasteiger partial charge on any atom is 0.223 e. The maximum atomic E-state index is 14.1. The Balaban J connectivity index is 1.29. The summed E-state index contributed by atoms with van der Waals surface area (Å²) in [7, 11) is 1.56. The Morgan fingerprint density at radius 2 is 1.40 bits per heavy atom. The van der Waals surface area contributed by atoms with E-state index < -0.39 is 35.4 Å².